The molecular weight excluding hydrogens is 494 g/mol. The highest BCUT2D eigenvalue weighted by atomic mass is 79.9. The number of benzene rings is 2. The molecule has 0 saturated heterocycles. The molecule has 0 fully saturated rings. The lowest BCUT2D eigenvalue weighted by Gasteiger charge is -2.10. The number of rotatable bonds is 11. The highest BCUT2D eigenvalue weighted by Crippen LogP contribution is 2.36. The molecule has 0 unspecified atom stereocenters. The smallest absolute Gasteiger partial charge is 0.251 e. The van der Waals surface area contributed by atoms with E-state index in [4.69, 9.17) is 18.9 Å². The zero-order chi connectivity index (χ0) is 23.6. The number of fused-ring (bicyclic) bond motifs is 1. The fourth-order valence-corrected chi connectivity index (χ4v) is 3.56. The van der Waals surface area contributed by atoms with Crippen molar-refractivity contribution in [2.75, 3.05) is 27.6 Å². The Bertz CT molecular complexity index is 1030. The second-order valence-electron chi connectivity index (χ2n) is 7.16. The molecule has 0 atom stereocenters. The molecular formula is C23H26BrN3O6. The summed E-state index contributed by atoms with van der Waals surface area (Å²) in [5.41, 5.74) is 3.79. The van der Waals surface area contributed by atoms with E-state index in [1.165, 1.54) is 7.11 Å². The first-order valence-electron chi connectivity index (χ1n) is 10.4. The third-order valence-electron chi connectivity index (χ3n) is 4.90. The summed E-state index contributed by atoms with van der Waals surface area (Å²) < 4.78 is 21.8. The maximum atomic E-state index is 12.3. The van der Waals surface area contributed by atoms with Gasteiger partial charge in [0, 0.05) is 28.6 Å². The molecule has 2 aromatic rings. The van der Waals surface area contributed by atoms with Crippen LogP contribution in [0.3, 0.4) is 0 Å². The van der Waals surface area contributed by atoms with Crippen molar-refractivity contribution in [1.82, 2.24) is 10.7 Å². The standard InChI is InChI=1S/C23H26BrN3O6/c1-30-18-8-7-15(10-19(18)31-2)23(29)25-9-5-3-4-6-22(28)27-26-13-16-11-20-21(12-17(16)24)33-14-32-20/h7-8,10-13H,3-6,9,14H2,1-2H3,(H,25,29)(H,27,28)/b26-13-. The van der Waals surface area contributed by atoms with Gasteiger partial charge in [-0.25, -0.2) is 5.43 Å². The molecule has 0 saturated carbocycles. The number of carbonyl (C=O) groups is 2. The minimum absolute atomic E-state index is 0.169. The number of carbonyl (C=O) groups excluding carboxylic acids is 2. The van der Waals surface area contributed by atoms with Gasteiger partial charge in [-0.3, -0.25) is 9.59 Å². The molecule has 2 aromatic carbocycles. The first-order chi connectivity index (χ1) is 16.0. The van der Waals surface area contributed by atoms with Crippen molar-refractivity contribution < 1.29 is 28.5 Å². The average Bonchev–Trinajstić information content (AvgIpc) is 3.27. The Labute approximate surface area is 200 Å². The molecule has 3 rings (SSSR count). The highest BCUT2D eigenvalue weighted by molar-refractivity contribution is 9.10. The predicted molar refractivity (Wildman–Crippen MR) is 126 cm³/mol. The molecule has 0 radical (unpaired) electrons. The van der Waals surface area contributed by atoms with E-state index in [2.05, 4.69) is 31.8 Å². The number of ether oxygens (including phenoxy) is 4. The first kappa shape index (κ1) is 24.4. The summed E-state index contributed by atoms with van der Waals surface area (Å²) in [6.07, 6.45) is 4.16. The number of amides is 2. The zero-order valence-corrected chi connectivity index (χ0v) is 20.1. The van der Waals surface area contributed by atoms with Crippen molar-refractivity contribution in [2.24, 2.45) is 5.10 Å². The molecule has 0 spiro atoms. The van der Waals surface area contributed by atoms with Gasteiger partial charge in [-0.15, -0.1) is 0 Å². The number of unbranched alkanes of at least 4 members (excludes halogenated alkanes) is 2. The van der Waals surface area contributed by atoms with Crippen LogP contribution in [0.2, 0.25) is 0 Å². The topological polar surface area (TPSA) is 107 Å². The van der Waals surface area contributed by atoms with E-state index in [-0.39, 0.29) is 18.6 Å². The van der Waals surface area contributed by atoms with Crippen LogP contribution in [-0.2, 0) is 4.79 Å². The SMILES string of the molecule is COc1ccc(C(=O)NCCCCCC(=O)N/N=C\c2cc3c(cc2Br)OCO3)cc1OC. The molecule has 0 bridgehead atoms. The van der Waals surface area contributed by atoms with Crippen LogP contribution in [0.25, 0.3) is 0 Å². The molecule has 176 valence electrons. The van der Waals surface area contributed by atoms with Crippen molar-refractivity contribution in [3.05, 3.63) is 45.9 Å². The van der Waals surface area contributed by atoms with Gasteiger partial charge in [-0.1, -0.05) is 6.42 Å². The van der Waals surface area contributed by atoms with Crippen LogP contribution < -0.4 is 29.7 Å². The number of hydrogen-bond donors (Lipinski definition) is 2. The number of halogens is 1. The number of nitrogens with zero attached hydrogens (tertiary/aromatic N) is 1. The minimum atomic E-state index is -0.183. The van der Waals surface area contributed by atoms with Crippen LogP contribution >= 0.6 is 15.9 Å². The average molecular weight is 520 g/mol. The summed E-state index contributed by atoms with van der Waals surface area (Å²) >= 11 is 3.44. The zero-order valence-electron chi connectivity index (χ0n) is 18.5. The van der Waals surface area contributed by atoms with Gasteiger partial charge < -0.3 is 24.3 Å². The van der Waals surface area contributed by atoms with Crippen LogP contribution in [0.15, 0.2) is 39.9 Å². The number of nitrogens with one attached hydrogen (secondary N) is 2. The lowest BCUT2D eigenvalue weighted by Crippen LogP contribution is -2.24. The largest absolute Gasteiger partial charge is 0.493 e. The van der Waals surface area contributed by atoms with Crippen molar-refractivity contribution in [1.29, 1.82) is 0 Å². The Morgan fingerprint density at radius 3 is 2.58 bits per heavy atom. The van der Waals surface area contributed by atoms with Crippen molar-refractivity contribution in [3.63, 3.8) is 0 Å². The second-order valence-corrected chi connectivity index (χ2v) is 8.01. The molecule has 1 aliphatic heterocycles. The van der Waals surface area contributed by atoms with E-state index in [1.807, 2.05) is 0 Å². The first-order valence-corrected chi connectivity index (χ1v) is 11.2. The minimum Gasteiger partial charge on any atom is -0.493 e. The Morgan fingerprint density at radius 1 is 1.06 bits per heavy atom. The van der Waals surface area contributed by atoms with Gasteiger partial charge in [0.2, 0.25) is 12.7 Å². The van der Waals surface area contributed by atoms with Gasteiger partial charge in [0.15, 0.2) is 23.0 Å². The molecule has 0 aromatic heterocycles. The molecule has 0 aliphatic carbocycles. The van der Waals surface area contributed by atoms with Crippen LogP contribution in [-0.4, -0.2) is 45.6 Å². The maximum absolute atomic E-state index is 12.3. The summed E-state index contributed by atoms with van der Waals surface area (Å²) in [4.78, 5) is 24.2. The van der Waals surface area contributed by atoms with Gasteiger partial charge in [-0.05, 0) is 59.1 Å². The van der Waals surface area contributed by atoms with E-state index in [9.17, 15) is 9.59 Å². The number of hydrogen-bond acceptors (Lipinski definition) is 7. The Kier molecular flexibility index (Phi) is 8.94. The van der Waals surface area contributed by atoms with Crippen molar-refractivity contribution in [2.45, 2.75) is 25.7 Å². The molecule has 2 amide bonds. The summed E-state index contributed by atoms with van der Waals surface area (Å²) in [5, 5.41) is 6.87. The van der Waals surface area contributed by atoms with Crippen molar-refractivity contribution >= 4 is 34.0 Å². The van der Waals surface area contributed by atoms with E-state index >= 15 is 0 Å². The summed E-state index contributed by atoms with van der Waals surface area (Å²) in [6, 6.07) is 8.61. The normalized spacial score (nSPS) is 12.0. The molecule has 33 heavy (non-hydrogen) atoms. The van der Waals surface area contributed by atoms with Gasteiger partial charge in [0.25, 0.3) is 5.91 Å². The second kappa shape index (κ2) is 12.1. The predicted octanol–water partition coefficient (Wildman–Crippen LogP) is 3.64. The fraction of sp³-hybridized carbons (Fsp3) is 0.348. The lowest BCUT2D eigenvalue weighted by molar-refractivity contribution is -0.121. The Balaban J connectivity index is 1.31. The number of hydrazone groups is 1. The lowest BCUT2D eigenvalue weighted by atomic mass is 10.1. The summed E-state index contributed by atoms with van der Waals surface area (Å²) in [5.74, 6) is 2.03. The van der Waals surface area contributed by atoms with Gasteiger partial charge in [0.1, 0.15) is 0 Å². The van der Waals surface area contributed by atoms with Crippen LogP contribution in [0.1, 0.15) is 41.6 Å². The van der Waals surface area contributed by atoms with E-state index < -0.39 is 0 Å². The highest BCUT2D eigenvalue weighted by Gasteiger charge is 2.15. The number of methoxy groups -OCH3 is 2. The van der Waals surface area contributed by atoms with E-state index in [0.717, 1.165) is 22.9 Å². The molecule has 1 heterocycles. The quantitative estimate of drug-likeness (QED) is 0.266. The fourth-order valence-electron chi connectivity index (χ4n) is 3.13. The van der Waals surface area contributed by atoms with E-state index in [1.54, 1.807) is 43.7 Å². The van der Waals surface area contributed by atoms with Crippen LogP contribution in [0.4, 0.5) is 0 Å². The van der Waals surface area contributed by atoms with E-state index in [0.29, 0.717) is 47.9 Å². The monoisotopic (exact) mass is 519 g/mol. The molecule has 9 nitrogen and oxygen atoms in total. The van der Waals surface area contributed by atoms with Gasteiger partial charge in [-0.2, -0.15) is 5.10 Å². The van der Waals surface area contributed by atoms with Crippen molar-refractivity contribution in [3.8, 4) is 23.0 Å². The molecule has 10 heteroatoms. The maximum Gasteiger partial charge on any atom is 0.251 e. The van der Waals surface area contributed by atoms with Crippen LogP contribution in [0, 0.1) is 0 Å². The summed E-state index contributed by atoms with van der Waals surface area (Å²) in [7, 11) is 3.07. The van der Waals surface area contributed by atoms with Gasteiger partial charge >= 0.3 is 0 Å². The molecule has 1 aliphatic rings. The Hall–Kier alpha value is -3.27. The molecule has 2 N–H and O–H groups in total. The van der Waals surface area contributed by atoms with Gasteiger partial charge in [0.05, 0.1) is 20.4 Å². The van der Waals surface area contributed by atoms with Crippen LogP contribution in [0.5, 0.6) is 23.0 Å². The Morgan fingerprint density at radius 2 is 1.82 bits per heavy atom. The summed E-state index contributed by atoms with van der Waals surface area (Å²) in [6.45, 7) is 0.712. The third kappa shape index (κ3) is 6.85. The third-order valence-corrected chi connectivity index (χ3v) is 5.58.